The van der Waals surface area contributed by atoms with Crippen molar-refractivity contribution in [3.63, 3.8) is 0 Å². The lowest BCUT2D eigenvalue weighted by Gasteiger charge is -2.09. The third-order valence-corrected chi connectivity index (χ3v) is 4.02. The summed E-state index contributed by atoms with van der Waals surface area (Å²) in [5.41, 5.74) is 3.21. The first-order valence-corrected chi connectivity index (χ1v) is 7.73. The Morgan fingerprint density at radius 3 is 2.85 bits per heavy atom. The first-order valence-electron chi connectivity index (χ1n) is 6.75. The number of para-hydroxylation sites is 1. The van der Waals surface area contributed by atoms with Gasteiger partial charge in [0, 0.05) is 23.0 Å². The summed E-state index contributed by atoms with van der Waals surface area (Å²) in [6.07, 6.45) is 4.09. The number of thioether (sulfide) groups is 1. The van der Waals surface area contributed by atoms with Gasteiger partial charge >= 0.3 is 0 Å². The highest BCUT2D eigenvalue weighted by Crippen LogP contribution is 2.26. The van der Waals surface area contributed by atoms with Gasteiger partial charge < -0.3 is 9.72 Å². The van der Waals surface area contributed by atoms with Gasteiger partial charge in [0.05, 0.1) is 12.2 Å². The SMILES string of the molecule is CCSc1ccccc1NCc1cn2ccccc2n1. The van der Waals surface area contributed by atoms with Gasteiger partial charge in [-0.25, -0.2) is 4.98 Å². The second kappa shape index (κ2) is 6.01. The van der Waals surface area contributed by atoms with E-state index in [0.29, 0.717) is 0 Å². The molecule has 2 aromatic heterocycles. The Balaban J connectivity index is 1.76. The number of imidazole rings is 1. The molecule has 0 aliphatic carbocycles. The van der Waals surface area contributed by atoms with E-state index in [0.717, 1.165) is 23.6 Å². The smallest absolute Gasteiger partial charge is 0.137 e. The molecule has 102 valence electrons. The Morgan fingerprint density at radius 2 is 2.00 bits per heavy atom. The molecular weight excluding hydrogens is 266 g/mol. The van der Waals surface area contributed by atoms with Crippen LogP contribution in [0.2, 0.25) is 0 Å². The van der Waals surface area contributed by atoms with E-state index in [1.54, 1.807) is 0 Å². The zero-order chi connectivity index (χ0) is 13.8. The molecule has 2 heterocycles. The fraction of sp³-hybridized carbons (Fsp3) is 0.188. The van der Waals surface area contributed by atoms with Gasteiger partial charge in [-0.15, -0.1) is 11.8 Å². The lowest BCUT2D eigenvalue weighted by molar-refractivity contribution is 1.07. The molecule has 1 aromatic carbocycles. The van der Waals surface area contributed by atoms with Gasteiger partial charge in [0.15, 0.2) is 0 Å². The van der Waals surface area contributed by atoms with Crippen LogP contribution >= 0.6 is 11.8 Å². The molecule has 3 aromatic rings. The van der Waals surface area contributed by atoms with Crippen LogP contribution in [0.4, 0.5) is 5.69 Å². The highest BCUT2D eigenvalue weighted by molar-refractivity contribution is 7.99. The number of pyridine rings is 1. The number of aromatic nitrogens is 2. The minimum atomic E-state index is 0.739. The lowest BCUT2D eigenvalue weighted by atomic mass is 10.3. The summed E-state index contributed by atoms with van der Waals surface area (Å²) in [6.45, 7) is 2.91. The van der Waals surface area contributed by atoms with Gasteiger partial charge in [0.25, 0.3) is 0 Å². The Hall–Kier alpha value is -1.94. The number of nitrogens with zero attached hydrogens (tertiary/aromatic N) is 2. The minimum absolute atomic E-state index is 0.739. The maximum atomic E-state index is 4.60. The monoisotopic (exact) mass is 283 g/mol. The predicted molar refractivity (Wildman–Crippen MR) is 85.4 cm³/mol. The predicted octanol–water partition coefficient (Wildman–Crippen LogP) is 4.06. The second-order valence-corrected chi connectivity index (χ2v) is 5.79. The van der Waals surface area contributed by atoms with Gasteiger partial charge in [-0.3, -0.25) is 0 Å². The molecule has 0 unspecified atom stereocenters. The fourth-order valence-electron chi connectivity index (χ4n) is 2.15. The number of benzene rings is 1. The molecule has 0 saturated heterocycles. The molecule has 3 nitrogen and oxygen atoms in total. The van der Waals surface area contributed by atoms with Gasteiger partial charge in [-0.1, -0.05) is 25.1 Å². The molecule has 0 amide bonds. The second-order valence-electron chi connectivity index (χ2n) is 4.48. The first kappa shape index (κ1) is 13.1. The molecule has 0 radical (unpaired) electrons. The molecule has 0 atom stereocenters. The normalized spacial score (nSPS) is 10.8. The first-order chi connectivity index (χ1) is 9.86. The average Bonchev–Trinajstić information content (AvgIpc) is 2.89. The van der Waals surface area contributed by atoms with Gasteiger partial charge in [-0.05, 0) is 30.0 Å². The summed E-state index contributed by atoms with van der Waals surface area (Å²) in [7, 11) is 0. The summed E-state index contributed by atoms with van der Waals surface area (Å²) >= 11 is 1.85. The van der Waals surface area contributed by atoms with Crippen LogP contribution in [0.5, 0.6) is 0 Å². The summed E-state index contributed by atoms with van der Waals surface area (Å²) in [5.74, 6) is 1.08. The zero-order valence-corrected chi connectivity index (χ0v) is 12.2. The van der Waals surface area contributed by atoms with E-state index in [4.69, 9.17) is 0 Å². The van der Waals surface area contributed by atoms with Gasteiger partial charge in [0.1, 0.15) is 5.65 Å². The summed E-state index contributed by atoms with van der Waals surface area (Å²) in [5, 5.41) is 3.48. The Kier molecular flexibility index (Phi) is 3.92. The van der Waals surface area contributed by atoms with Crippen LogP contribution in [-0.4, -0.2) is 15.1 Å². The highest BCUT2D eigenvalue weighted by Gasteiger charge is 2.03. The van der Waals surface area contributed by atoms with Crippen molar-refractivity contribution in [3.8, 4) is 0 Å². The molecule has 20 heavy (non-hydrogen) atoms. The number of hydrogen-bond acceptors (Lipinski definition) is 3. The van der Waals surface area contributed by atoms with Crippen molar-refractivity contribution in [3.05, 3.63) is 60.6 Å². The number of rotatable bonds is 5. The van der Waals surface area contributed by atoms with Crippen molar-refractivity contribution in [2.75, 3.05) is 11.1 Å². The van der Waals surface area contributed by atoms with E-state index < -0.39 is 0 Å². The van der Waals surface area contributed by atoms with Crippen LogP contribution in [0.15, 0.2) is 59.8 Å². The van der Waals surface area contributed by atoms with E-state index >= 15 is 0 Å². The van der Waals surface area contributed by atoms with Crippen LogP contribution in [0, 0.1) is 0 Å². The number of fused-ring (bicyclic) bond motifs is 1. The molecule has 0 saturated carbocycles. The Bertz CT molecular complexity index is 673. The summed E-state index contributed by atoms with van der Waals surface area (Å²) < 4.78 is 2.05. The summed E-state index contributed by atoms with van der Waals surface area (Å²) in [4.78, 5) is 5.89. The average molecular weight is 283 g/mol. The fourth-order valence-corrected chi connectivity index (χ4v) is 2.93. The summed E-state index contributed by atoms with van der Waals surface area (Å²) in [6, 6.07) is 14.4. The Labute approximate surface area is 123 Å². The topological polar surface area (TPSA) is 29.3 Å². The van der Waals surface area contributed by atoms with E-state index in [-0.39, 0.29) is 0 Å². The molecule has 4 heteroatoms. The minimum Gasteiger partial charge on any atom is -0.378 e. The molecule has 0 spiro atoms. The van der Waals surface area contributed by atoms with Gasteiger partial charge in [-0.2, -0.15) is 0 Å². The van der Waals surface area contributed by atoms with Gasteiger partial charge in [0.2, 0.25) is 0 Å². The lowest BCUT2D eigenvalue weighted by Crippen LogP contribution is -2.00. The Morgan fingerprint density at radius 1 is 1.15 bits per heavy atom. The van der Waals surface area contributed by atoms with E-state index in [1.807, 2.05) is 40.6 Å². The quantitative estimate of drug-likeness (QED) is 0.716. The molecule has 1 N–H and O–H groups in total. The van der Waals surface area contributed by atoms with Crippen molar-refractivity contribution in [1.29, 1.82) is 0 Å². The molecule has 0 aliphatic rings. The van der Waals surface area contributed by atoms with Crippen LogP contribution in [-0.2, 0) is 6.54 Å². The standard InChI is InChI=1S/C16H17N3S/c1-2-20-15-8-4-3-7-14(15)17-11-13-12-19-10-6-5-9-16(19)18-13/h3-10,12,17H,2,11H2,1H3. The molecule has 3 rings (SSSR count). The van der Waals surface area contributed by atoms with E-state index in [9.17, 15) is 0 Å². The molecule has 0 aliphatic heterocycles. The van der Waals surface area contributed by atoms with Crippen LogP contribution in [0.3, 0.4) is 0 Å². The molecular formula is C16H17N3S. The van der Waals surface area contributed by atoms with Crippen molar-refractivity contribution >= 4 is 23.1 Å². The number of anilines is 1. The van der Waals surface area contributed by atoms with Crippen molar-refractivity contribution in [2.45, 2.75) is 18.4 Å². The third-order valence-electron chi connectivity index (χ3n) is 3.06. The van der Waals surface area contributed by atoms with Crippen LogP contribution in [0.25, 0.3) is 5.65 Å². The number of hydrogen-bond donors (Lipinski definition) is 1. The van der Waals surface area contributed by atoms with Crippen molar-refractivity contribution in [2.24, 2.45) is 0 Å². The van der Waals surface area contributed by atoms with Crippen molar-refractivity contribution in [1.82, 2.24) is 9.38 Å². The maximum Gasteiger partial charge on any atom is 0.137 e. The van der Waals surface area contributed by atoms with E-state index in [2.05, 4.69) is 47.7 Å². The van der Waals surface area contributed by atoms with Crippen LogP contribution in [0.1, 0.15) is 12.6 Å². The highest BCUT2D eigenvalue weighted by atomic mass is 32.2. The third kappa shape index (κ3) is 2.80. The largest absolute Gasteiger partial charge is 0.378 e. The van der Waals surface area contributed by atoms with Crippen molar-refractivity contribution < 1.29 is 0 Å². The van der Waals surface area contributed by atoms with E-state index in [1.165, 1.54) is 10.6 Å². The van der Waals surface area contributed by atoms with Crippen LogP contribution < -0.4 is 5.32 Å². The molecule has 0 fully saturated rings. The maximum absolute atomic E-state index is 4.60. The zero-order valence-electron chi connectivity index (χ0n) is 11.4. The number of nitrogens with one attached hydrogen (secondary N) is 1. The molecule has 0 bridgehead atoms.